The second-order valence-corrected chi connectivity index (χ2v) is 5.68. The zero-order valence-corrected chi connectivity index (χ0v) is 12.1. The van der Waals surface area contributed by atoms with E-state index >= 15 is 0 Å². The van der Waals surface area contributed by atoms with Gasteiger partial charge in [-0.25, -0.2) is 8.78 Å². The van der Waals surface area contributed by atoms with E-state index in [1.165, 1.54) is 37.0 Å². The van der Waals surface area contributed by atoms with E-state index in [1.54, 1.807) is 7.05 Å². The van der Waals surface area contributed by atoms with Crippen LogP contribution in [0, 0.1) is 11.6 Å². The average molecular weight is 287 g/mol. The lowest BCUT2D eigenvalue weighted by molar-refractivity contribution is 0.419. The van der Waals surface area contributed by atoms with Gasteiger partial charge < -0.3 is 5.32 Å². The summed E-state index contributed by atoms with van der Waals surface area (Å²) in [6.07, 6.45) is 3.84. The molecule has 1 aliphatic rings. The fraction of sp³-hybridized carbons (Fsp3) is 0.333. The van der Waals surface area contributed by atoms with Crippen LogP contribution in [0.3, 0.4) is 0 Å². The van der Waals surface area contributed by atoms with E-state index in [9.17, 15) is 8.78 Å². The van der Waals surface area contributed by atoms with Crippen molar-refractivity contribution in [3.63, 3.8) is 0 Å². The SMILES string of the molecule is CNC(c1ccc(C2CCC2)cc1)c1ccc(F)cc1F. The fourth-order valence-electron chi connectivity index (χ4n) is 2.94. The monoisotopic (exact) mass is 287 g/mol. The van der Waals surface area contributed by atoms with E-state index in [2.05, 4.69) is 17.4 Å². The Morgan fingerprint density at radius 2 is 1.76 bits per heavy atom. The predicted molar refractivity (Wildman–Crippen MR) is 80.3 cm³/mol. The van der Waals surface area contributed by atoms with Crippen LogP contribution in [-0.4, -0.2) is 7.05 Å². The molecular formula is C18H19F2N. The summed E-state index contributed by atoms with van der Waals surface area (Å²) in [5, 5.41) is 3.11. The standard InChI is InChI=1S/C18H19F2N/c1-21-18(16-10-9-15(19)11-17(16)20)14-7-5-13(6-8-14)12-3-2-4-12/h5-12,18,21H,2-4H2,1H3. The molecule has 0 bridgehead atoms. The third-order valence-electron chi connectivity index (χ3n) is 4.41. The Balaban J connectivity index is 1.88. The predicted octanol–water partition coefficient (Wildman–Crippen LogP) is 4.54. The van der Waals surface area contributed by atoms with E-state index in [0.29, 0.717) is 11.5 Å². The van der Waals surface area contributed by atoms with Crippen LogP contribution in [0.1, 0.15) is 47.9 Å². The van der Waals surface area contributed by atoms with Crippen LogP contribution in [-0.2, 0) is 0 Å². The Labute approximate surface area is 124 Å². The molecule has 1 atom stereocenters. The van der Waals surface area contributed by atoms with Gasteiger partial charge in [-0.05, 0) is 43.0 Å². The Morgan fingerprint density at radius 1 is 1.05 bits per heavy atom. The first-order chi connectivity index (χ1) is 10.2. The summed E-state index contributed by atoms with van der Waals surface area (Å²) in [6, 6.07) is 11.8. The van der Waals surface area contributed by atoms with Crippen molar-refractivity contribution in [1.82, 2.24) is 5.32 Å². The first kappa shape index (κ1) is 14.2. The first-order valence-electron chi connectivity index (χ1n) is 7.41. The zero-order valence-electron chi connectivity index (χ0n) is 12.1. The minimum absolute atomic E-state index is 0.263. The van der Waals surface area contributed by atoms with Crippen LogP contribution in [0.2, 0.25) is 0 Å². The van der Waals surface area contributed by atoms with Crippen molar-refractivity contribution in [3.05, 3.63) is 70.8 Å². The number of hydrogen-bond donors (Lipinski definition) is 1. The second-order valence-electron chi connectivity index (χ2n) is 5.68. The minimum atomic E-state index is -0.550. The topological polar surface area (TPSA) is 12.0 Å². The van der Waals surface area contributed by atoms with Gasteiger partial charge in [0.2, 0.25) is 0 Å². The van der Waals surface area contributed by atoms with Crippen LogP contribution >= 0.6 is 0 Å². The lowest BCUT2D eigenvalue weighted by Gasteiger charge is -2.26. The Morgan fingerprint density at radius 3 is 2.29 bits per heavy atom. The molecule has 21 heavy (non-hydrogen) atoms. The third kappa shape index (κ3) is 2.84. The summed E-state index contributed by atoms with van der Waals surface area (Å²) in [5.74, 6) is -0.376. The van der Waals surface area contributed by atoms with Gasteiger partial charge in [0.15, 0.2) is 0 Å². The van der Waals surface area contributed by atoms with E-state index in [0.717, 1.165) is 11.6 Å². The zero-order chi connectivity index (χ0) is 14.8. The highest BCUT2D eigenvalue weighted by atomic mass is 19.1. The highest BCUT2D eigenvalue weighted by molar-refractivity contribution is 5.35. The van der Waals surface area contributed by atoms with E-state index < -0.39 is 11.6 Å². The molecule has 0 heterocycles. The molecule has 0 saturated heterocycles. The van der Waals surface area contributed by atoms with Gasteiger partial charge in [-0.2, -0.15) is 0 Å². The van der Waals surface area contributed by atoms with Gasteiger partial charge in [0.05, 0.1) is 6.04 Å². The van der Waals surface area contributed by atoms with Crippen molar-refractivity contribution in [2.24, 2.45) is 0 Å². The molecule has 3 heteroatoms. The number of rotatable bonds is 4. The molecule has 0 aliphatic heterocycles. The Bertz CT molecular complexity index is 618. The van der Waals surface area contributed by atoms with E-state index in [-0.39, 0.29) is 6.04 Å². The van der Waals surface area contributed by atoms with Crippen molar-refractivity contribution in [2.45, 2.75) is 31.2 Å². The van der Waals surface area contributed by atoms with Crippen molar-refractivity contribution in [1.29, 1.82) is 0 Å². The number of benzene rings is 2. The third-order valence-corrected chi connectivity index (χ3v) is 4.41. The number of halogens is 2. The Kier molecular flexibility index (Phi) is 4.02. The van der Waals surface area contributed by atoms with Crippen LogP contribution < -0.4 is 5.32 Å². The minimum Gasteiger partial charge on any atom is -0.309 e. The van der Waals surface area contributed by atoms with Gasteiger partial charge in [0, 0.05) is 11.6 Å². The van der Waals surface area contributed by atoms with E-state index in [1.807, 2.05) is 12.1 Å². The van der Waals surface area contributed by atoms with Crippen molar-refractivity contribution in [3.8, 4) is 0 Å². The molecule has 1 aliphatic carbocycles. The first-order valence-corrected chi connectivity index (χ1v) is 7.41. The summed E-state index contributed by atoms with van der Waals surface area (Å²) in [7, 11) is 1.79. The summed E-state index contributed by atoms with van der Waals surface area (Å²) >= 11 is 0. The van der Waals surface area contributed by atoms with Gasteiger partial charge in [-0.3, -0.25) is 0 Å². The maximum Gasteiger partial charge on any atom is 0.131 e. The maximum atomic E-state index is 14.0. The number of nitrogens with one attached hydrogen (secondary N) is 1. The van der Waals surface area contributed by atoms with Gasteiger partial charge in [0.1, 0.15) is 11.6 Å². The molecular weight excluding hydrogens is 268 g/mol. The second kappa shape index (κ2) is 5.94. The lowest BCUT2D eigenvalue weighted by Crippen LogP contribution is -2.19. The molecule has 0 aromatic heterocycles. The lowest BCUT2D eigenvalue weighted by atomic mass is 9.79. The van der Waals surface area contributed by atoms with Crippen LogP contribution in [0.4, 0.5) is 8.78 Å². The molecule has 0 amide bonds. The smallest absolute Gasteiger partial charge is 0.131 e. The molecule has 1 fully saturated rings. The normalized spacial score (nSPS) is 16.5. The van der Waals surface area contributed by atoms with Crippen LogP contribution in [0.15, 0.2) is 42.5 Å². The average Bonchev–Trinajstić information content (AvgIpc) is 2.42. The largest absolute Gasteiger partial charge is 0.309 e. The van der Waals surface area contributed by atoms with Crippen LogP contribution in [0.5, 0.6) is 0 Å². The molecule has 3 rings (SSSR count). The maximum absolute atomic E-state index is 14.0. The number of hydrogen-bond acceptors (Lipinski definition) is 1. The highest BCUT2D eigenvalue weighted by Gasteiger charge is 2.21. The van der Waals surface area contributed by atoms with Gasteiger partial charge in [-0.1, -0.05) is 36.8 Å². The Hall–Kier alpha value is -1.74. The summed E-state index contributed by atoms with van der Waals surface area (Å²) in [4.78, 5) is 0. The molecule has 2 aromatic rings. The van der Waals surface area contributed by atoms with Crippen molar-refractivity contribution < 1.29 is 8.78 Å². The molecule has 0 radical (unpaired) electrons. The summed E-state index contributed by atoms with van der Waals surface area (Å²) in [6.45, 7) is 0. The van der Waals surface area contributed by atoms with E-state index in [4.69, 9.17) is 0 Å². The van der Waals surface area contributed by atoms with Gasteiger partial charge in [-0.15, -0.1) is 0 Å². The van der Waals surface area contributed by atoms with Crippen molar-refractivity contribution in [2.75, 3.05) is 7.05 Å². The quantitative estimate of drug-likeness (QED) is 0.870. The molecule has 1 saturated carbocycles. The summed E-state index contributed by atoms with van der Waals surface area (Å²) < 4.78 is 27.0. The molecule has 1 N–H and O–H groups in total. The molecule has 110 valence electrons. The van der Waals surface area contributed by atoms with Gasteiger partial charge in [0.25, 0.3) is 0 Å². The van der Waals surface area contributed by atoms with Crippen LogP contribution in [0.25, 0.3) is 0 Å². The van der Waals surface area contributed by atoms with Crippen molar-refractivity contribution >= 4 is 0 Å². The molecule has 1 nitrogen and oxygen atoms in total. The summed E-state index contributed by atoms with van der Waals surface area (Å²) in [5.41, 5.74) is 2.82. The molecule has 2 aromatic carbocycles. The van der Waals surface area contributed by atoms with Gasteiger partial charge >= 0.3 is 0 Å². The molecule has 0 spiro atoms. The molecule has 1 unspecified atom stereocenters. The highest BCUT2D eigenvalue weighted by Crippen LogP contribution is 2.37. The fourth-order valence-corrected chi connectivity index (χ4v) is 2.94.